The summed E-state index contributed by atoms with van der Waals surface area (Å²) < 4.78 is 0.676. The number of amides is 1. The second-order valence-electron chi connectivity index (χ2n) is 1.99. The van der Waals surface area contributed by atoms with E-state index < -0.39 is 5.91 Å². The highest BCUT2D eigenvalue weighted by Gasteiger charge is 2.15. The highest BCUT2D eigenvalue weighted by atomic mass is 32.2. The van der Waals surface area contributed by atoms with Crippen molar-refractivity contribution in [2.75, 3.05) is 12.5 Å². The Morgan fingerprint density at radius 3 is 1.67 bits per heavy atom. The Morgan fingerprint density at radius 2 is 1.58 bits per heavy atom. The van der Waals surface area contributed by atoms with Crippen molar-refractivity contribution in [2.45, 2.75) is 6.92 Å². The highest BCUT2D eigenvalue weighted by molar-refractivity contribution is 8.21. The maximum atomic E-state index is 11.0. The minimum absolute atomic E-state index is 0.106. The van der Waals surface area contributed by atoms with Crippen molar-refractivity contribution < 1.29 is 9.59 Å². The van der Waals surface area contributed by atoms with E-state index in [0.717, 1.165) is 0 Å². The predicted molar refractivity (Wildman–Crippen MR) is 53.9 cm³/mol. The average molecular weight is 205 g/mol. The van der Waals surface area contributed by atoms with Crippen molar-refractivity contribution in [3.05, 3.63) is 9.81 Å². The Morgan fingerprint density at radius 1 is 1.17 bits per heavy atom. The molecule has 0 atom stereocenters. The van der Waals surface area contributed by atoms with Crippen molar-refractivity contribution in [2.24, 2.45) is 5.73 Å². The van der Waals surface area contributed by atoms with Crippen LogP contribution < -0.4 is 5.73 Å². The zero-order chi connectivity index (χ0) is 9.72. The van der Waals surface area contributed by atoms with Crippen LogP contribution in [-0.2, 0) is 9.59 Å². The Kier molecular flexibility index (Phi) is 5.08. The fourth-order valence-corrected chi connectivity index (χ4v) is 2.27. The van der Waals surface area contributed by atoms with Gasteiger partial charge >= 0.3 is 0 Å². The van der Waals surface area contributed by atoms with Crippen LogP contribution in [0, 0.1) is 0 Å². The molecule has 2 N–H and O–H groups in total. The van der Waals surface area contributed by atoms with Crippen molar-refractivity contribution in [1.82, 2.24) is 0 Å². The summed E-state index contributed by atoms with van der Waals surface area (Å²) in [6.07, 6.45) is 3.61. The lowest BCUT2D eigenvalue weighted by molar-refractivity contribution is -0.119. The molecule has 0 heterocycles. The molecule has 3 nitrogen and oxygen atoms in total. The van der Waals surface area contributed by atoms with Crippen molar-refractivity contribution in [3.8, 4) is 0 Å². The molecule has 1 amide bonds. The Balaban J connectivity index is 5.03. The summed E-state index contributed by atoms with van der Waals surface area (Å²) in [5, 5.41) is 0. The molecule has 0 saturated heterocycles. The van der Waals surface area contributed by atoms with Crippen molar-refractivity contribution in [3.63, 3.8) is 0 Å². The van der Waals surface area contributed by atoms with E-state index in [1.165, 1.54) is 30.4 Å². The lowest BCUT2D eigenvalue weighted by Crippen LogP contribution is -2.19. The monoisotopic (exact) mass is 205 g/mol. The molecule has 12 heavy (non-hydrogen) atoms. The van der Waals surface area contributed by atoms with E-state index in [9.17, 15) is 9.59 Å². The van der Waals surface area contributed by atoms with E-state index in [1.54, 1.807) is 12.5 Å². The number of carbonyl (C=O) groups is 2. The highest BCUT2D eigenvalue weighted by Crippen LogP contribution is 2.27. The number of rotatable bonds is 4. The van der Waals surface area contributed by atoms with E-state index in [-0.39, 0.29) is 11.4 Å². The standard InChI is InChI=1S/C7H11NO2S2/c1-4(9)5(6(8)10)7(11-2)12-3/h1-3H3,(H2,8,10). The van der Waals surface area contributed by atoms with Gasteiger partial charge in [-0.2, -0.15) is 0 Å². The fraction of sp³-hybridized carbons (Fsp3) is 0.429. The maximum absolute atomic E-state index is 11.0. The summed E-state index contributed by atoms with van der Waals surface area (Å²) in [6, 6.07) is 0. The van der Waals surface area contributed by atoms with Gasteiger partial charge in [-0.1, -0.05) is 0 Å². The molecule has 0 spiro atoms. The number of hydrogen-bond acceptors (Lipinski definition) is 4. The molecule has 5 heteroatoms. The Bertz CT molecular complexity index is 214. The predicted octanol–water partition coefficient (Wildman–Crippen LogP) is 0.998. The molecule has 68 valence electrons. The third-order valence-electron chi connectivity index (χ3n) is 1.17. The number of thioether (sulfide) groups is 2. The van der Waals surface area contributed by atoms with Gasteiger partial charge in [-0.25, -0.2) is 0 Å². The molecule has 0 radical (unpaired) electrons. The normalized spacial score (nSPS) is 9.25. The van der Waals surface area contributed by atoms with Crippen LogP contribution in [0.25, 0.3) is 0 Å². The molecule has 0 fully saturated rings. The first-order chi connectivity index (χ1) is 5.54. The summed E-state index contributed by atoms with van der Waals surface area (Å²) in [5.74, 6) is -0.928. The van der Waals surface area contributed by atoms with Crippen LogP contribution in [-0.4, -0.2) is 24.2 Å². The van der Waals surface area contributed by atoms with Gasteiger partial charge in [-0.05, 0) is 19.4 Å². The number of ketones is 1. The van der Waals surface area contributed by atoms with Gasteiger partial charge in [0, 0.05) is 0 Å². The van der Waals surface area contributed by atoms with Crippen LogP contribution in [0.3, 0.4) is 0 Å². The van der Waals surface area contributed by atoms with Gasteiger partial charge in [0.25, 0.3) is 5.91 Å². The van der Waals surface area contributed by atoms with Crippen LogP contribution in [0.5, 0.6) is 0 Å². The van der Waals surface area contributed by atoms with Gasteiger partial charge in [0.15, 0.2) is 5.78 Å². The van der Waals surface area contributed by atoms with Gasteiger partial charge in [0.2, 0.25) is 0 Å². The Labute approximate surface area is 80.1 Å². The summed E-state index contributed by atoms with van der Waals surface area (Å²) in [4.78, 5) is 21.8. The second-order valence-corrected chi connectivity index (χ2v) is 3.88. The molecule has 0 aromatic rings. The summed E-state index contributed by atoms with van der Waals surface area (Å²) in [7, 11) is 0. The molecular weight excluding hydrogens is 194 g/mol. The van der Waals surface area contributed by atoms with Crippen LogP contribution in [0.4, 0.5) is 0 Å². The molecule has 0 aliphatic rings. The maximum Gasteiger partial charge on any atom is 0.253 e. The topological polar surface area (TPSA) is 60.2 Å². The molecule has 0 aliphatic carbocycles. The van der Waals surface area contributed by atoms with Gasteiger partial charge in [0.05, 0.1) is 4.24 Å². The average Bonchev–Trinajstić information content (AvgIpc) is 1.98. The summed E-state index contributed by atoms with van der Waals surface area (Å²) in [6.45, 7) is 1.34. The number of Topliss-reactive ketones (excluding diaryl/α,β-unsaturated/α-hetero) is 1. The third kappa shape index (κ3) is 2.91. The SMILES string of the molecule is CSC(SC)=C(C(C)=O)C(N)=O. The molecule has 0 aromatic carbocycles. The molecule has 0 unspecified atom stereocenters. The zero-order valence-corrected chi connectivity index (χ0v) is 8.84. The number of primary amides is 1. The number of carbonyl (C=O) groups excluding carboxylic acids is 2. The Hall–Kier alpha value is -0.420. The summed E-state index contributed by atoms with van der Waals surface area (Å²) >= 11 is 2.71. The van der Waals surface area contributed by atoms with Crippen LogP contribution >= 0.6 is 23.5 Å². The lowest BCUT2D eigenvalue weighted by atomic mass is 10.2. The third-order valence-corrected chi connectivity index (χ3v) is 3.32. The van der Waals surface area contributed by atoms with E-state index in [4.69, 9.17) is 5.73 Å². The van der Waals surface area contributed by atoms with Gasteiger partial charge < -0.3 is 5.73 Å². The van der Waals surface area contributed by atoms with Crippen molar-refractivity contribution >= 4 is 35.2 Å². The van der Waals surface area contributed by atoms with E-state index in [1.807, 2.05) is 0 Å². The van der Waals surface area contributed by atoms with Crippen molar-refractivity contribution in [1.29, 1.82) is 0 Å². The first kappa shape index (κ1) is 11.6. The number of hydrogen-bond donors (Lipinski definition) is 1. The van der Waals surface area contributed by atoms with Gasteiger partial charge in [-0.15, -0.1) is 23.5 Å². The van der Waals surface area contributed by atoms with Gasteiger partial charge in [-0.3, -0.25) is 9.59 Å². The molecular formula is C7H11NO2S2. The van der Waals surface area contributed by atoms with Crippen LogP contribution in [0.15, 0.2) is 9.81 Å². The largest absolute Gasteiger partial charge is 0.365 e. The number of nitrogens with two attached hydrogens (primary N) is 1. The van der Waals surface area contributed by atoms with Gasteiger partial charge in [0.1, 0.15) is 5.57 Å². The summed E-state index contributed by atoms with van der Waals surface area (Å²) in [5.41, 5.74) is 5.15. The quantitative estimate of drug-likeness (QED) is 0.422. The molecule has 0 aliphatic heterocycles. The minimum atomic E-state index is -0.652. The van der Waals surface area contributed by atoms with Crippen LogP contribution in [0.1, 0.15) is 6.92 Å². The molecule has 0 rings (SSSR count). The molecule has 0 aromatic heterocycles. The molecule has 0 bridgehead atoms. The smallest absolute Gasteiger partial charge is 0.253 e. The van der Waals surface area contributed by atoms with Crippen LogP contribution in [0.2, 0.25) is 0 Å². The first-order valence-corrected chi connectivity index (χ1v) is 5.62. The van der Waals surface area contributed by atoms with E-state index >= 15 is 0 Å². The second kappa shape index (κ2) is 5.27. The molecule has 0 saturated carbocycles. The lowest BCUT2D eigenvalue weighted by Gasteiger charge is -2.04. The minimum Gasteiger partial charge on any atom is -0.365 e. The first-order valence-electron chi connectivity index (χ1n) is 3.17. The fourth-order valence-electron chi connectivity index (χ4n) is 0.705. The zero-order valence-electron chi connectivity index (χ0n) is 7.21. The van der Waals surface area contributed by atoms with E-state index in [2.05, 4.69) is 0 Å². The van der Waals surface area contributed by atoms with E-state index in [0.29, 0.717) is 4.24 Å².